The second-order valence-corrected chi connectivity index (χ2v) is 4.17. The van der Waals surface area contributed by atoms with Gasteiger partial charge in [0.1, 0.15) is 0 Å². The van der Waals surface area contributed by atoms with Gasteiger partial charge in [-0.15, -0.1) is 0 Å². The Labute approximate surface area is 68.2 Å². The van der Waals surface area contributed by atoms with E-state index in [1.807, 2.05) is 0 Å². The van der Waals surface area contributed by atoms with Gasteiger partial charge in [-0.1, -0.05) is 6.92 Å². The van der Waals surface area contributed by atoms with Crippen LogP contribution in [0.25, 0.3) is 0 Å². The molecular weight excluding hydrogens is 138 g/mol. The molecule has 1 N–H and O–H groups in total. The molecule has 2 saturated heterocycles. The number of likely N-dealkylation sites (N-methyl/N-ethyl adjacent to an activating group) is 1. The van der Waals surface area contributed by atoms with Gasteiger partial charge in [0, 0.05) is 12.1 Å². The van der Waals surface area contributed by atoms with Gasteiger partial charge in [0.2, 0.25) is 0 Å². The molecule has 2 heteroatoms. The molecule has 11 heavy (non-hydrogen) atoms. The lowest BCUT2D eigenvalue weighted by Gasteiger charge is -2.38. The van der Waals surface area contributed by atoms with Crippen molar-refractivity contribution in [1.29, 1.82) is 0 Å². The first kappa shape index (κ1) is 7.56. The van der Waals surface area contributed by atoms with E-state index >= 15 is 0 Å². The third kappa shape index (κ3) is 1.00. The van der Waals surface area contributed by atoms with Crippen molar-refractivity contribution in [3.8, 4) is 0 Å². The third-order valence-electron chi connectivity index (χ3n) is 3.52. The van der Waals surface area contributed by atoms with Crippen molar-refractivity contribution in [2.24, 2.45) is 5.92 Å². The van der Waals surface area contributed by atoms with E-state index in [0.717, 1.165) is 6.04 Å². The van der Waals surface area contributed by atoms with Gasteiger partial charge in [-0.25, -0.2) is 0 Å². The van der Waals surface area contributed by atoms with Gasteiger partial charge in [-0.3, -0.25) is 4.90 Å². The van der Waals surface area contributed by atoms with Gasteiger partial charge in [-0.2, -0.15) is 0 Å². The van der Waals surface area contributed by atoms with E-state index in [4.69, 9.17) is 0 Å². The fourth-order valence-corrected chi connectivity index (χ4v) is 2.68. The molecule has 3 unspecified atom stereocenters. The number of hydrogen-bond donors (Lipinski definition) is 1. The maximum atomic E-state index is 9.79. The number of piperidine rings is 1. The molecule has 0 aromatic heterocycles. The van der Waals surface area contributed by atoms with Crippen molar-refractivity contribution in [2.75, 3.05) is 7.05 Å². The van der Waals surface area contributed by atoms with Gasteiger partial charge >= 0.3 is 0 Å². The molecule has 0 saturated carbocycles. The maximum absolute atomic E-state index is 9.79. The summed E-state index contributed by atoms with van der Waals surface area (Å²) in [5, 5.41) is 9.79. The van der Waals surface area contributed by atoms with Gasteiger partial charge in [0.25, 0.3) is 0 Å². The number of aliphatic hydroxyl groups is 1. The van der Waals surface area contributed by atoms with Crippen molar-refractivity contribution < 1.29 is 5.11 Å². The first-order chi connectivity index (χ1) is 5.20. The highest BCUT2D eigenvalue weighted by molar-refractivity contribution is 4.97. The minimum absolute atomic E-state index is 0.0706. The SMILES string of the molecule is CC1CC2CCC([C@H]1O)N2C. The molecule has 0 amide bonds. The van der Waals surface area contributed by atoms with Crippen LogP contribution in [0.3, 0.4) is 0 Å². The Kier molecular flexibility index (Phi) is 1.69. The number of rotatable bonds is 0. The van der Waals surface area contributed by atoms with E-state index in [-0.39, 0.29) is 6.10 Å². The topological polar surface area (TPSA) is 23.5 Å². The minimum atomic E-state index is -0.0706. The Morgan fingerprint density at radius 1 is 1.36 bits per heavy atom. The normalized spacial score (nSPS) is 51.5. The summed E-state index contributed by atoms with van der Waals surface area (Å²) < 4.78 is 0. The average Bonchev–Trinajstić information content (AvgIpc) is 2.23. The lowest BCUT2D eigenvalue weighted by molar-refractivity contribution is -0.00953. The van der Waals surface area contributed by atoms with E-state index < -0.39 is 0 Å². The molecule has 4 atom stereocenters. The van der Waals surface area contributed by atoms with Crippen LogP contribution in [0.4, 0.5) is 0 Å². The van der Waals surface area contributed by atoms with Gasteiger partial charge < -0.3 is 5.11 Å². The van der Waals surface area contributed by atoms with Crippen LogP contribution in [-0.4, -0.2) is 35.2 Å². The molecule has 2 bridgehead atoms. The quantitative estimate of drug-likeness (QED) is 0.560. The number of hydrogen-bond acceptors (Lipinski definition) is 2. The zero-order chi connectivity index (χ0) is 8.01. The summed E-state index contributed by atoms with van der Waals surface area (Å²) in [7, 11) is 2.15. The molecular formula is C9H17NO. The predicted octanol–water partition coefficient (Wildman–Crippen LogP) is 0.850. The Bertz CT molecular complexity index is 160. The van der Waals surface area contributed by atoms with E-state index in [9.17, 15) is 5.11 Å². The molecule has 2 fully saturated rings. The molecule has 2 nitrogen and oxygen atoms in total. The lowest BCUT2D eigenvalue weighted by atomic mass is 9.90. The second kappa shape index (κ2) is 2.46. The predicted molar refractivity (Wildman–Crippen MR) is 44.4 cm³/mol. The highest BCUT2D eigenvalue weighted by atomic mass is 16.3. The molecule has 2 rings (SSSR count). The smallest absolute Gasteiger partial charge is 0.0721 e. The van der Waals surface area contributed by atoms with Crippen molar-refractivity contribution in [1.82, 2.24) is 4.90 Å². The van der Waals surface area contributed by atoms with Crippen LogP contribution in [0.15, 0.2) is 0 Å². The minimum Gasteiger partial charge on any atom is -0.391 e. The fraction of sp³-hybridized carbons (Fsp3) is 1.00. The van der Waals surface area contributed by atoms with Crippen LogP contribution in [0.1, 0.15) is 26.2 Å². The van der Waals surface area contributed by atoms with Crippen LogP contribution in [0, 0.1) is 5.92 Å². The Morgan fingerprint density at radius 2 is 2.09 bits per heavy atom. The van der Waals surface area contributed by atoms with Crippen LogP contribution < -0.4 is 0 Å². The van der Waals surface area contributed by atoms with E-state index in [2.05, 4.69) is 18.9 Å². The second-order valence-electron chi connectivity index (χ2n) is 4.17. The van der Waals surface area contributed by atoms with Gasteiger partial charge in [0.05, 0.1) is 6.10 Å². The Balaban J connectivity index is 2.16. The number of aliphatic hydroxyl groups excluding tert-OH is 1. The lowest BCUT2D eigenvalue weighted by Crippen LogP contribution is -2.48. The van der Waals surface area contributed by atoms with Crippen LogP contribution in [0.5, 0.6) is 0 Å². The van der Waals surface area contributed by atoms with E-state index in [1.54, 1.807) is 0 Å². The standard InChI is InChI=1S/C9H17NO/c1-6-5-7-3-4-8(9(6)11)10(7)2/h6-9,11H,3-5H2,1-2H3/t6?,7?,8?,9-/m0/s1. The fourth-order valence-electron chi connectivity index (χ4n) is 2.68. The van der Waals surface area contributed by atoms with Crippen LogP contribution in [0.2, 0.25) is 0 Å². The van der Waals surface area contributed by atoms with Crippen molar-refractivity contribution in [2.45, 2.75) is 44.4 Å². The third-order valence-corrected chi connectivity index (χ3v) is 3.52. The van der Waals surface area contributed by atoms with Gasteiger partial charge in [0.15, 0.2) is 0 Å². The van der Waals surface area contributed by atoms with Crippen molar-refractivity contribution in [3.63, 3.8) is 0 Å². The zero-order valence-corrected chi connectivity index (χ0v) is 7.33. The van der Waals surface area contributed by atoms with Crippen LogP contribution >= 0.6 is 0 Å². The average molecular weight is 155 g/mol. The summed E-state index contributed by atoms with van der Waals surface area (Å²) >= 11 is 0. The molecule has 64 valence electrons. The molecule has 2 heterocycles. The molecule has 0 aromatic carbocycles. The summed E-state index contributed by atoms with van der Waals surface area (Å²) in [6, 6.07) is 1.22. The summed E-state index contributed by atoms with van der Waals surface area (Å²) in [6.07, 6.45) is 3.61. The van der Waals surface area contributed by atoms with Gasteiger partial charge in [-0.05, 0) is 32.2 Å². The highest BCUT2D eigenvalue weighted by Gasteiger charge is 2.42. The summed E-state index contributed by atoms with van der Waals surface area (Å²) in [5.41, 5.74) is 0. The Morgan fingerprint density at radius 3 is 2.82 bits per heavy atom. The van der Waals surface area contributed by atoms with E-state index in [1.165, 1.54) is 19.3 Å². The molecule has 0 aromatic rings. The number of fused-ring (bicyclic) bond motifs is 2. The largest absolute Gasteiger partial charge is 0.391 e. The summed E-state index contributed by atoms with van der Waals surface area (Å²) in [4.78, 5) is 2.37. The van der Waals surface area contributed by atoms with Crippen molar-refractivity contribution in [3.05, 3.63) is 0 Å². The Hall–Kier alpha value is -0.0800. The maximum Gasteiger partial charge on any atom is 0.0721 e. The summed E-state index contributed by atoms with van der Waals surface area (Å²) in [5.74, 6) is 0.517. The molecule has 0 aliphatic carbocycles. The van der Waals surface area contributed by atoms with E-state index in [0.29, 0.717) is 12.0 Å². The van der Waals surface area contributed by atoms with Crippen LogP contribution in [-0.2, 0) is 0 Å². The van der Waals surface area contributed by atoms with Crippen molar-refractivity contribution >= 4 is 0 Å². The first-order valence-electron chi connectivity index (χ1n) is 4.60. The number of nitrogens with zero attached hydrogens (tertiary/aromatic N) is 1. The molecule has 2 aliphatic heterocycles. The molecule has 2 aliphatic rings. The first-order valence-corrected chi connectivity index (χ1v) is 4.60. The molecule has 0 spiro atoms. The monoisotopic (exact) mass is 155 g/mol. The summed E-state index contributed by atoms with van der Waals surface area (Å²) in [6.45, 7) is 2.17. The highest BCUT2D eigenvalue weighted by Crippen LogP contribution is 2.37. The zero-order valence-electron chi connectivity index (χ0n) is 7.33. The molecule has 0 radical (unpaired) electrons.